The summed E-state index contributed by atoms with van der Waals surface area (Å²) in [6.45, 7) is 0. The maximum Gasteiger partial charge on any atom is 0.0788 e. The van der Waals surface area contributed by atoms with Gasteiger partial charge in [-0.05, 0) is 210 Å². The van der Waals surface area contributed by atoms with Crippen LogP contribution in [0.5, 0.6) is 0 Å². The molecule has 0 atom stereocenters. The number of nitrogens with zero attached hydrogens (tertiary/aromatic N) is 6. The van der Waals surface area contributed by atoms with E-state index in [1.165, 1.54) is 231 Å². The van der Waals surface area contributed by atoms with E-state index in [9.17, 15) is 0 Å². The van der Waals surface area contributed by atoms with Crippen LogP contribution in [0.3, 0.4) is 0 Å². The topological polar surface area (TPSA) is 29.6 Å². The Morgan fingerprint density at radius 1 is 0.100 bits per heavy atom. The predicted molar refractivity (Wildman–Crippen MR) is 593 cm³/mol. The van der Waals surface area contributed by atoms with Crippen LogP contribution in [0.25, 0.3) is 253 Å². The number of benzene rings is 23. The summed E-state index contributed by atoms with van der Waals surface area (Å²) in [6, 6.07) is 194. The molecule has 0 bridgehead atoms. The van der Waals surface area contributed by atoms with Crippen molar-refractivity contribution in [1.29, 1.82) is 0 Å². The van der Waals surface area contributed by atoms with E-state index < -0.39 is 0 Å². The van der Waals surface area contributed by atoms with Gasteiger partial charge in [0.1, 0.15) is 0 Å². The van der Waals surface area contributed by atoms with E-state index in [4.69, 9.17) is 0 Å². The van der Waals surface area contributed by atoms with Crippen molar-refractivity contribution in [2.24, 2.45) is 0 Å². The molecule has 6 nitrogen and oxygen atoms in total. The maximum atomic E-state index is 2.51. The van der Waals surface area contributed by atoms with Gasteiger partial charge in [0.2, 0.25) is 0 Å². The van der Waals surface area contributed by atoms with Gasteiger partial charge in [0.15, 0.2) is 0 Å². The van der Waals surface area contributed by atoms with Crippen LogP contribution in [0.2, 0.25) is 0 Å². The highest BCUT2D eigenvalue weighted by molar-refractivity contribution is 6.27. The molecular formula is C134H88N6. The Bertz CT molecular complexity index is 9760. The van der Waals surface area contributed by atoms with Gasteiger partial charge < -0.3 is 27.4 Å². The standard InChI is InChI=1S/C54H36N2.2C40H26N2/c1-4-14-37(15-5-1)39-24-28-41(29-25-39)43-34-44(42-30-26-40(27-31-42)38-16-6-2-7-17-38)36-46(35-43)56-52-23-13-11-21-48(52)50-33-32-49-47-20-10-12-22-51(47)55(53(49)54(50)56)45-18-8-3-9-19-45;1-2-13-29(14-3-1)41-37-19-8-6-16-33(37)35-25-26-36-34-17-7-9-20-38(34)42(40(36)39(35)41)30-23-21-28(22-24-30)32-18-10-12-27-11-4-5-15-31(27)32;1-2-12-31(13-3-1)41-37-16-8-6-14-33(37)35-24-25-36-34-15-7-9-17-38(34)42(40(36)39(35)41)32-22-20-28(21-23-32)30-19-18-27-10-4-5-11-29(27)26-30/h1-36H;2*1-26H. The summed E-state index contributed by atoms with van der Waals surface area (Å²) in [5.41, 5.74) is 36.0. The van der Waals surface area contributed by atoms with Crippen molar-refractivity contribution < 1.29 is 0 Å². The van der Waals surface area contributed by atoms with Gasteiger partial charge in [-0.3, -0.25) is 0 Å². The molecule has 29 rings (SSSR count). The Labute approximate surface area is 808 Å². The van der Waals surface area contributed by atoms with Crippen molar-refractivity contribution in [3.05, 3.63) is 534 Å². The molecule has 0 unspecified atom stereocenters. The van der Waals surface area contributed by atoms with Crippen LogP contribution in [0.1, 0.15) is 0 Å². The van der Waals surface area contributed by atoms with E-state index in [0.717, 1.165) is 22.7 Å². The third kappa shape index (κ3) is 13.5. The third-order valence-corrected chi connectivity index (χ3v) is 28.7. The molecule has 6 heteroatoms. The average Bonchev–Trinajstić information content (AvgIpc) is 1.55. The molecular weight excluding hydrogens is 1690 g/mol. The average molecular weight is 1780 g/mol. The molecule has 0 N–H and O–H groups in total. The summed E-state index contributed by atoms with van der Waals surface area (Å²) in [6.07, 6.45) is 0. The summed E-state index contributed by atoms with van der Waals surface area (Å²) < 4.78 is 14.7. The smallest absolute Gasteiger partial charge is 0.0788 e. The number of fused-ring (bicyclic) bond motifs is 23. The first kappa shape index (κ1) is 81.0. The van der Waals surface area contributed by atoms with Crippen molar-refractivity contribution in [3.63, 3.8) is 0 Å². The molecule has 0 radical (unpaired) electrons. The lowest BCUT2D eigenvalue weighted by Gasteiger charge is -2.16. The quantitative estimate of drug-likeness (QED) is 0.117. The van der Waals surface area contributed by atoms with Crippen LogP contribution >= 0.6 is 0 Å². The first-order chi connectivity index (χ1) is 69.5. The zero-order chi connectivity index (χ0) is 92.2. The number of hydrogen-bond donors (Lipinski definition) is 0. The minimum Gasteiger partial charge on any atom is -0.307 e. The molecule has 654 valence electrons. The van der Waals surface area contributed by atoms with Crippen LogP contribution in [0.15, 0.2) is 534 Å². The van der Waals surface area contributed by atoms with Crippen molar-refractivity contribution >= 4 is 152 Å². The number of hydrogen-bond acceptors (Lipinski definition) is 0. The van der Waals surface area contributed by atoms with E-state index >= 15 is 0 Å². The first-order valence-corrected chi connectivity index (χ1v) is 48.2. The monoisotopic (exact) mass is 1780 g/mol. The van der Waals surface area contributed by atoms with E-state index in [-0.39, 0.29) is 0 Å². The molecule has 0 spiro atoms. The highest BCUT2D eigenvalue weighted by atomic mass is 15.1. The molecule has 29 aromatic rings. The van der Waals surface area contributed by atoms with Crippen LogP contribution in [0.4, 0.5) is 0 Å². The Hall–Kier alpha value is -18.6. The van der Waals surface area contributed by atoms with Crippen molar-refractivity contribution in [3.8, 4) is 101 Å². The minimum atomic E-state index is 1.13. The molecule has 0 amide bonds. The zero-order valence-electron chi connectivity index (χ0n) is 76.5. The number of para-hydroxylation sites is 9. The van der Waals surface area contributed by atoms with Gasteiger partial charge in [-0.25, -0.2) is 0 Å². The van der Waals surface area contributed by atoms with Crippen LogP contribution in [-0.2, 0) is 0 Å². The van der Waals surface area contributed by atoms with Crippen molar-refractivity contribution in [1.82, 2.24) is 27.4 Å². The van der Waals surface area contributed by atoms with E-state index in [1.54, 1.807) is 0 Å². The molecule has 0 saturated carbocycles. The summed E-state index contributed by atoms with van der Waals surface area (Å²) in [5.74, 6) is 0. The molecule has 0 saturated heterocycles. The van der Waals surface area contributed by atoms with Crippen molar-refractivity contribution in [2.75, 3.05) is 0 Å². The second-order valence-corrected chi connectivity index (χ2v) is 36.5. The SMILES string of the molecule is c1ccc(-c2ccc(-c3cc(-c4ccc(-c5ccccc5)cc4)cc(-n4c5ccccc5c5ccc6c7ccccc7n(-c7ccccc7)c6c54)c3)cc2)cc1.c1ccc(-n2c3ccccc3c3ccc4c5ccccc5n(-c5ccc(-c6ccc7ccccc7c6)cc5)c4c32)cc1.c1ccc(-n2c3ccccc3c3ccc4c5ccccc5n(-c5ccc(-c6cccc7ccccc67)cc5)c4c32)cc1. The fraction of sp³-hybridized carbons (Fsp3) is 0. The van der Waals surface area contributed by atoms with Gasteiger partial charge in [-0.15, -0.1) is 0 Å². The molecule has 0 fully saturated rings. The third-order valence-electron chi connectivity index (χ3n) is 28.7. The molecule has 0 aliphatic heterocycles. The minimum absolute atomic E-state index is 1.13. The van der Waals surface area contributed by atoms with Gasteiger partial charge in [-0.2, -0.15) is 0 Å². The Kier molecular flexibility index (Phi) is 19.5. The summed E-state index contributed by atoms with van der Waals surface area (Å²) in [4.78, 5) is 0. The van der Waals surface area contributed by atoms with Crippen LogP contribution in [-0.4, -0.2) is 27.4 Å². The second kappa shape index (κ2) is 33.8. The van der Waals surface area contributed by atoms with Gasteiger partial charge in [0, 0.05) is 98.8 Å². The Morgan fingerprint density at radius 3 is 0.671 bits per heavy atom. The molecule has 0 aliphatic carbocycles. The molecule has 6 heterocycles. The predicted octanol–water partition coefficient (Wildman–Crippen LogP) is 36.0. The van der Waals surface area contributed by atoms with E-state index in [0.29, 0.717) is 0 Å². The first-order valence-electron chi connectivity index (χ1n) is 48.2. The largest absolute Gasteiger partial charge is 0.307 e. The lowest BCUT2D eigenvalue weighted by atomic mass is 9.95. The van der Waals surface area contributed by atoms with Crippen molar-refractivity contribution in [2.45, 2.75) is 0 Å². The Balaban J connectivity index is 0.000000107. The van der Waals surface area contributed by atoms with E-state index in [2.05, 4.69) is 561 Å². The highest BCUT2D eigenvalue weighted by Crippen LogP contribution is 2.48. The van der Waals surface area contributed by atoms with Crippen LogP contribution < -0.4 is 0 Å². The van der Waals surface area contributed by atoms with Gasteiger partial charge in [0.05, 0.1) is 66.2 Å². The fourth-order valence-electron chi connectivity index (χ4n) is 22.3. The van der Waals surface area contributed by atoms with Gasteiger partial charge in [-0.1, -0.05) is 413 Å². The Morgan fingerprint density at radius 2 is 0.329 bits per heavy atom. The molecule has 6 aromatic heterocycles. The fourth-order valence-corrected chi connectivity index (χ4v) is 22.3. The van der Waals surface area contributed by atoms with Gasteiger partial charge >= 0.3 is 0 Å². The molecule has 0 aliphatic rings. The zero-order valence-corrected chi connectivity index (χ0v) is 76.5. The maximum absolute atomic E-state index is 2.51. The lowest BCUT2D eigenvalue weighted by Crippen LogP contribution is -1.99. The summed E-state index contributed by atoms with van der Waals surface area (Å²) >= 11 is 0. The van der Waals surface area contributed by atoms with E-state index in [1.807, 2.05) is 0 Å². The number of rotatable bonds is 12. The highest BCUT2D eigenvalue weighted by Gasteiger charge is 2.27. The summed E-state index contributed by atoms with van der Waals surface area (Å²) in [7, 11) is 0. The lowest BCUT2D eigenvalue weighted by molar-refractivity contribution is 1.15. The molecule has 23 aromatic carbocycles. The second-order valence-electron chi connectivity index (χ2n) is 36.5. The van der Waals surface area contributed by atoms with Gasteiger partial charge in [0.25, 0.3) is 0 Å². The summed E-state index contributed by atoms with van der Waals surface area (Å²) in [5, 5.41) is 20.1. The van der Waals surface area contributed by atoms with Crippen LogP contribution in [0, 0.1) is 0 Å². The molecule has 140 heavy (non-hydrogen) atoms. The normalized spacial score (nSPS) is 11.7. The number of aromatic nitrogens is 6.